The molecule has 4 rings (SSSR count). The van der Waals surface area contributed by atoms with Crippen molar-refractivity contribution in [1.82, 2.24) is 14.6 Å². The molecule has 2 aromatic carbocycles. The number of carbonyl (C=O) groups excluding carboxylic acids is 1. The largest absolute Gasteiger partial charge is 0.497 e. The second kappa shape index (κ2) is 7.84. The molecule has 0 saturated carbocycles. The van der Waals surface area contributed by atoms with Crippen molar-refractivity contribution < 1.29 is 18.1 Å². The van der Waals surface area contributed by atoms with Gasteiger partial charge < -0.3 is 8.92 Å². The molecule has 0 atom stereocenters. The third-order valence-corrected chi connectivity index (χ3v) is 4.97. The summed E-state index contributed by atoms with van der Waals surface area (Å²) in [7, 11) is 1.58. The molecule has 6 nitrogen and oxygen atoms in total. The summed E-state index contributed by atoms with van der Waals surface area (Å²) in [4.78, 5) is 16.3. The quantitative estimate of drug-likeness (QED) is 0.334. The van der Waals surface area contributed by atoms with Crippen molar-refractivity contribution in [2.24, 2.45) is 0 Å². The maximum Gasteiger partial charge on any atom is 0.368 e. The number of rotatable bonds is 4. The lowest BCUT2D eigenvalue weighted by molar-refractivity contribution is 0.0766. The number of thiol groups is 1. The van der Waals surface area contributed by atoms with Gasteiger partial charge >= 0.3 is 5.97 Å². The van der Waals surface area contributed by atoms with E-state index in [0.717, 1.165) is 5.56 Å². The fourth-order valence-corrected chi connectivity index (χ4v) is 3.35. The van der Waals surface area contributed by atoms with Gasteiger partial charge in [0.25, 0.3) is 0 Å². The third kappa shape index (κ3) is 3.70. The fourth-order valence-electron chi connectivity index (χ4n) is 2.92. The molecule has 0 spiro atoms. The van der Waals surface area contributed by atoms with Gasteiger partial charge in [0.1, 0.15) is 11.6 Å². The molecule has 0 fully saturated rings. The first-order valence-corrected chi connectivity index (χ1v) is 9.52. The summed E-state index contributed by atoms with van der Waals surface area (Å²) >= 11 is 6.82. The summed E-state index contributed by atoms with van der Waals surface area (Å²) in [6, 6.07) is 15.1. The van der Waals surface area contributed by atoms with Gasteiger partial charge in [-0.3, -0.25) is 0 Å². The van der Waals surface area contributed by atoms with Crippen LogP contribution in [0.25, 0.3) is 28.2 Å². The number of ether oxygens (including phenoxy) is 1. The summed E-state index contributed by atoms with van der Waals surface area (Å²) < 4.78 is 26.3. The van der Waals surface area contributed by atoms with Crippen LogP contribution < -0.4 is 4.74 Å². The zero-order valence-corrected chi connectivity index (χ0v) is 17.4. The summed E-state index contributed by atoms with van der Waals surface area (Å²) in [5.74, 6) is -0.445. The highest BCUT2D eigenvalue weighted by molar-refractivity contribution is 9.10. The van der Waals surface area contributed by atoms with Gasteiger partial charge in [-0.1, -0.05) is 15.9 Å². The number of halogens is 2. The van der Waals surface area contributed by atoms with Crippen LogP contribution in [0.5, 0.6) is 5.75 Å². The highest BCUT2D eigenvalue weighted by Crippen LogP contribution is 2.29. The van der Waals surface area contributed by atoms with Crippen LogP contribution in [-0.2, 0) is 4.18 Å². The standard InChI is InChI=1S/C20H13BrFN3O3S/c1-27-13-5-2-11(3-6-13)18-9-17(20(26)28-29)23-19-10-16(24-25(18)19)14-7-4-12(21)8-15(14)22/h2-10,29H,1H3. The first kappa shape index (κ1) is 19.4. The summed E-state index contributed by atoms with van der Waals surface area (Å²) in [6.07, 6.45) is 0. The van der Waals surface area contributed by atoms with Crippen LogP contribution in [0.15, 0.2) is 59.1 Å². The highest BCUT2D eigenvalue weighted by Gasteiger charge is 2.18. The average molecular weight is 474 g/mol. The summed E-state index contributed by atoms with van der Waals surface area (Å²) in [5, 5.41) is 4.52. The molecule has 0 saturated heterocycles. The molecular formula is C20H13BrFN3O3S. The highest BCUT2D eigenvalue weighted by atomic mass is 79.9. The van der Waals surface area contributed by atoms with Crippen LogP contribution >= 0.6 is 28.8 Å². The minimum Gasteiger partial charge on any atom is -0.497 e. The molecule has 0 aliphatic rings. The summed E-state index contributed by atoms with van der Waals surface area (Å²) in [6.45, 7) is 0. The molecule has 0 radical (unpaired) electrons. The Morgan fingerprint density at radius 1 is 1.14 bits per heavy atom. The van der Waals surface area contributed by atoms with E-state index in [9.17, 15) is 9.18 Å². The fraction of sp³-hybridized carbons (Fsp3) is 0.0500. The van der Waals surface area contributed by atoms with Crippen LogP contribution in [0.4, 0.5) is 4.39 Å². The van der Waals surface area contributed by atoms with Crippen LogP contribution in [0, 0.1) is 5.82 Å². The monoisotopic (exact) mass is 473 g/mol. The summed E-state index contributed by atoms with van der Waals surface area (Å²) in [5.41, 5.74) is 2.46. The molecule has 0 N–H and O–H groups in total. The van der Waals surface area contributed by atoms with Crippen LogP contribution in [0.2, 0.25) is 0 Å². The van der Waals surface area contributed by atoms with E-state index in [1.807, 2.05) is 12.1 Å². The van der Waals surface area contributed by atoms with E-state index >= 15 is 0 Å². The first-order chi connectivity index (χ1) is 14.0. The Morgan fingerprint density at radius 2 is 1.90 bits per heavy atom. The number of fused-ring (bicyclic) bond motifs is 1. The van der Waals surface area contributed by atoms with E-state index in [1.165, 1.54) is 6.07 Å². The maximum atomic E-state index is 14.4. The number of hydrogen-bond acceptors (Lipinski definition) is 6. The molecule has 0 bridgehead atoms. The van der Waals surface area contributed by atoms with E-state index in [1.54, 1.807) is 48.0 Å². The maximum absolute atomic E-state index is 14.4. The molecule has 0 unspecified atom stereocenters. The third-order valence-electron chi connectivity index (χ3n) is 4.31. The van der Waals surface area contributed by atoms with Gasteiger partial charge in [0.2, 0.25) is 0 Å². The van der Waals surface area contributed by atoms with Crippen molar-refractivity contribution in [1.29, 1.82) is 0 Å². The Balaban J connectivity index is 1.94. The lowest BCUT2D eigenvalue weighted by Gasteiger charge is -2.08. The SMILES string of the molecule is COc1ccc(-c2cc(C(=O)OS)nc3cc(-c4ccc(Br)cc4F)nn23)cc1. The average Bonchev–Trinajstić information content (AvgIpc) is 3.16. The zero-order valence-electron chi connectivity index (χ0n) is 15.0. The molecule has 9 heteroatoms. The number of methoxy groups -OCH3 is 1. The number of aromatic nitrogens is 3. The Hall–Kier alpha value is -2.91. The predicted octanol–water partition coefficient (Wildman–Crippen LogP) is 4.98. The van der Waals surface area contributed by atoms with Gasteiger partial charge in [-0.2, -0.15) is 5.10 Å². The second-order valence-corrected chi connectivity index (χ2v) is 7.16. The van der Waals surface area contributed by atoms with Gasteiger partial charge in [0, 0.05) is 34.6 Å². The number of benzene rings is 2. The van der Waals surface area contributed by atoms with Crippen molar-refractivity contribution in [3.05, 3.63) is 70.6 Å². The minimum atomic E-state index is -0.705. The van der Waals surface area contributed by atoms with Crippen molar-refractivity contribution in [2.45, 2.75) is 0 Å². The van der Waals surface area contributed by atoms with Gasteiger partial charge in [-0.25, -0.2) is 18.7 Å². The van der Waals surface area contributed by atoms with E-state index in [0.29, 0.717) is 32.8 Å². The van der Waals surface area contributed by atoms with Gasteiger partial charge in [0.05, 0.1) is 18.5 Å². The van der Waals surface area contributed by atoms with Crippen LogP contribution in [0.3, 0.4) is 0 Å². The molecule has 29 heavy (non-hydrogen) atoms. The normalized spacial score (nSPS) is 10.9. The van der Waals surface area contributed by atoms with Gasteiger partial charge in [-0.05, 0) is 48.5 Å². The van der Waals surface area contributed by atoms with Crippen molar-refractivity contribution >= 4 is 40.5 Å². The Morgan fingerprint density at radius 3 is 2.55 bits per heavy atom. The Bertz CT molecular complexity index is 1230. The number of carbonyl (C=O) groups is 1. The Labute approximate surface area is 179 Å². The second-order valence-electron chi connectivity index (χ2n) is 6.06. The topological polar surface area (TPSA) is 65.7 Å². The predicted molar refractivity (Wildman–Crippen MR) is 112 cm³/mol. The van der Waals surface area contributed by atoms with Gasteiger partial charge in [-0.15, -0.1) is 0 Å². The number of hydrogen-bond donors (Lipinski definition) is 1. The molecule has 0 aliphatic carbocycles. The van der Waals surface area contributed by atoms with Crippen LogP contribution in [-0.4, -0.2) is 27.7 Å². The van der Waals surface area contributed by atoms with Gasteiger partial charge in [0.15, 0.2) is 11.3 Å². The van der Waals surface area contributed by atoms with Crippen molar-refractivity contribution in [3.63, 3.8) is 0 Å². The molecule has 2 heterocycles. The lowest BCUT2D eigenvalue weighted by Crippen LogP contribution is -2.06. The smallest absolute Gasteiger partial charge is 0.368 e. The van der Waals surface area contributed by atoms with E-state index < -0.39 is 11.8 Å². The van der Waals surface area contributed by atoms with E-state index in [4.69, 9.17) is 4.74 Å². The molecular weight excluding hydrogens is 461 g/mol. The van der Waals surface area contributed by atoms with Crippen molar-refractivity contribution in [2.75, 3.05) is 7.11 Å². The molecule has 0 aliphatic heterocycles. The van der Waals surface area contributed by atoms with E-state index in [-0.39, 0.29) is 5.69 Å². The van der Waals surface area contributed by atoms with Crippen LogP contribution in [0.1, 0.15) is 10.5 Å². The molecule has 146 valence electrons. The lowest BCUT2D eigenvalue weighted by atomic mass is 10.1. The molecule has 4 aromatic rings. The Kier molecular flexibility index (Phi) is 5.25. The van der Waals surface area contributed by atoms with E-state index in [2.05, 4.69) is 43.1 Å². The first-order valence-electron chi connectivity index (χ1n) is 8.36. The van der Waals surface area contributed by atoms with Crippen molar-refractivity contribution in [3.8, 4) is 28.3 Å². The molecule has 2 aromatic heterocycles. The minimum absolute atomic E-state index is 0.0565. The zero-order chi connectivity index (χ0) is 20.5. The molecule has 0 amide bonds. The number of nitrogens with zero attached hydrogens (tertiary/aromatic N) is 3.